The van der Waals surface area contributed by atoms with Gasteiger partial charge in [-0.3, -0.25) is 0 Å². The van der Waals surface area contributed by atoms with Gasteiger partial charge in [0.05, 0.1) is 17.8 Å². The van der Waals surface area contributed by atoms with Gasteiger partial charge in [0, 0.05) is 5.56 Å². The van der Waals surface area contributed by atoms with Crippen LogP contribution in [0.3, 0.4) is 0 Å². The quantitative estimate of drug-likeness (QED) is 0.943. The molecule has 1 heterocycles. The Morgan fingerprint density at radius 2 is 2.12 bits per heavy atom. The molecule has 0 radical (unpaired) electrons. The third kappa shape index (κ3) is 2.37. The first-order valence-corrected chi connectivity index (χ1v) is 5.98. The summed E-state index contributed by atoms with van der Waals surface area (Å²) in [6.45, 7) is 1.97. The largest absolute Gasteiger partial charge is 0.496 e. The molecule has 17 heavy (non-hydrogen) atoms. The van der Waals surface area contributed by atoms with E-state index in [4.69, 9.17) is 9.15 Å². The van der Waals surface area contributed by atoms with Gasteiger partial charge in [-0.05, 0) is 40.5 Å². The van der Waals surface area contributed by atoms with Gasteiger partial charge < -0.3 is 14.3 Å². The second-order valence-electron chi connectivity index (χ2n) is 3.78. The van der Waals surface area contributed by atoms with Crippen molar-refractivity contribution >= 4 is 15.9 Å². The van der Waals surface area contributed by atoms with Crippen molar-refractivity contribution in [2.45, 2.75) is 13.0 Å². The van der Waals surface area contributed by atoms with Crippen LogP contribution in [0.4, 0.5) is 0 Å². The van der Waals surface area contributed by atoms with Crippen LogP contribution in [-0.2, 0) is 0 Å². The van der Waals surface area contributed by atoms with Crippen LogP contribution < -0.4 is 4.74 Å². The van der Waals surface area contributed by atoms with E-state index in [1.165, 1.54) is 6.26 Å². The fraction of sp³-hybridized carbons (Fsp3) is 0.231. The zero-order chi connectivity index (χ0) is 12.4. The molecule has 0 spiro atoms. The summed E-state index contributed by atoms with van der Waals surface area (Å²) in [5.41, 5.74) is 1.77. The number of aryl methyl sites for hydroxylation is 1. The first-order chi connectivity index (χ1) is 8.13. The van der Waals surface area contributed by atoms with Gasteiger partial charge in [-0.2, -0.15) is 0 Å². The Bertz CT molecular complexity index is 519. The highest BCUT2D eigenvalue weighted by Gasteiger charge is 2.20. The average molecular weight is 297 g/mol. The van der Waals surface area contributed by atoms with Crippen LogP contribution in [0.2, 0.25) is 0 Å². The van der Waals surface area contributed by atoms with Crippen molar-refractivity contribution in [3.05, 3.63) is 51.9 Å². The van der Waals surface area contributed by atoms with Gasteiger partial charge >= 0.3 is 0 Å². The summed E-state index contributed by atoms with van der Waals surface area (Å²) < 4.78 is 11.3. The SMILES string of the molecule is COc1cc(C)ccc1C(O)c1occc1Br. The highest BCUT2D eigenvalue weighted by molar-refractivity contribution is 9.10. The number of halogens is 1. The molecule has 1 unspecified atom stereocenters. The Morgan fingerprint density at radius 3 is 2.71 bits per heavy atom. The van der Waals surface area contributed by atoms with Crippen LogP contribution in [0, 0.1) is 6.92 Å². The standard InChI is InChI=1S/C13H13BrO3/c1-8-3-4-9(11(7-8)16-2)12(15)13-10(14)5-6-17-13/h3-7,12,15H,1-2H3. The molecule has 2 aromatic rings. The summed E-state index contributed by atoms with van der Waals surface area (Å²) in [7, 11) is 1.59. The average Bonchev–Trinajstić information content (AvgIpc) is 2.74. The third-order valence-electron chi connectivity index (χ3n) is 2.58. The number of rotatable bonds is 3. The molecule has 4 heteroatoms. The van der Waals surface area contributed by atoms with Gasteiger partial charge in [0.2, 0.25) is 0 Å². The van der Waals surface area contributed by atoms with E-state index in [1.807, 2.05) is 25.1 Å². The molecular weight excluding hydrogens is 284 g/mol. The molecule has 90 valence electrons. The van der Waals surface area contributed by atoms with Gasteiger partial charge in [0.25, 0.3) is 0 Å². The predicted molar refractivity (Wildman–Crippen MR) is 68.2 cm³/mol. The number of furan rings is 1. The minimum Gasteiger partial charge on any atom is -0.496 e. The Morgan fingerprint density at radius 1 is 1.35 bits per heavy atom. The number of hydrogen-bond acceptors (Lipinski definition) is 3. The fourth-order valence-electron chi connectivity index (χ4n) is 1.69. The molecule has 1 atom stereocenters. The van der Waals surface area contributed by atoms with Crippen LogP contribution in [0.1, 0.15) is 23.0 Å². The number of ether oxygens (including phenoxy) is 1. The van der Waals surface area contributed by atoms with E-state index in [0.717, 1.165) is 10.0 Å². The van der Waals surface area contributed by atoms with Crippen molar-refractivity contribution in [1.82, 2.24) is 0 Å². The Labute approximate surface area is 108 Å². The molecule has 2 rings (SSSR count). The molecule has 0 saturated carbocycles. The monoisotopic (exact) mass is 296 g/mol. The summed E-state index contributed by atoms with van der Waals surface area (Å²) in [6.07, 6.45) is 0.693. The summed E-state index contributed by atoms with van der Waals surface area (Å²) in [4.78, 5) is 0. The van der Waals surface area contributed by atoms with Gasteiger partial charge in [-0.25, -0.2) is 0 Å². The Balaban J connectivity index is 2.44. The zero-order valence-corrected chi connectivity index (χ0v) is 11.2. The van der Waals surface area contributed by atoms with Crippen LogP contribution >= 0.6 is 15.9 Å². The van der Waals surface area contributed by atoms with E-state index >= 15 is 0 Å². The summed E-state index contributed by atoms with van der Waals surface area (Å²) in [5, 5.41) is 10.3. The minimum atomic E-state index is -0.838. The van der Waals surface area contributed by atoms with E-state index in [-0.39, 0.29) is 0 Å². The summed E-state index contributed by atoms with van der Waals surface area (Å²) in [5.74, 6) is 1.13. The highest BCUT2D eigenvalue weighted by Crippen LogP contribution is 2.34. The number of aliphatic hydroxyl groups excluding tert-OH is 1. The lowest BCUT2D eigenvalue weighted by molar-refractivity contribution is 0.184. The van der Waals surface area contributed by atoms with Gasteiger partial charge in [0.15, 0.2) is 5.76 Å². The van der Waals surface area contributed by atoms with Crippen LogP contribution in [0.15, 0.2) is 39.4 Å². The van der Waals surface area contributed by atoms with Crippen molar-refractivity contribution in [1.29, 1.82) is 0 Å². The first-order valence-electron chi connectivity index (χ1n) is 5.19. The third-order valence-corrected chi connectivity index (χ3v) is 3.23. The predicted octanol–water partition coefficient (Wildman–Crippen LogP) is 3.44. The fourth-order valence-corrected chi connectivity index (χ4v) is 2.10. The molecule has 0 saturated heterocycles. The molecule has 0 amide bonds. The number of hydrogen-bond donors (Lipinski definition) is 1. The van der Waals surface area contributed by atoms with E-state index in [2.05, 4.69) is 15.9 Å². The topological polar surface area (TPSA) is 42.6 Å². The molecule has 0 aliphatic rings. The van der Waals surface area contributed by atoms with Crippen LogP contribution in [0.5, 0.6) is 5.75 Å². The summed E-state index contributed by atoms with van der Waals surface area (Å²) in [6, 6.07) is 7.40. The Hall–Kier alpha value is -1.26. The van der Waals surface area contributed by atoms with Crippen molar-refractivity contribution in [3.63, 3.8) is 0 Å². The van der Waals surface area contributed by atoms with Gasteiger partial charge in [-0.15, -0.1) is 0 Å². The number of aliphatic hydroxyl groups is 1. The maximum absolute atomic E-state index is 10.3. The van der Waals surface area contributed by atoms with E-state index in [9.17, 15) is 5.11 Å². The Kier molecular flexibility index (Phi) is 3.54. The smallest absolute Gasteiger partial charge is 0.151 e. The number of methoxy groups -OCH3 is 1. The molecule has 0 bridgehead atoms. The van der Waals surface area contributed by atoms with Crippen molar-refractivity contribution < 1.29 is 14.3 Å². The number of benzene rings is 1. The van der Waals surface area contributed by atoms with Crippen molar-refractivity contribution in [2.24, 2.45) is 0 Å². The van der Waals surface area contributed by atoms with Gasteiger partial charge in [0.1, 0.15) is 11.9 Å². The first kappa shape index (κ1) is 12.2. The molecule has 1 aromatic heterocycles. The molecule has 0 fully saturated rings. The molecule has 0 aliphatic heterocycles. The lowest BCUT2D eigenvalue weighted by Crippen LogP contribution is -2.02. The zero-order valence-electron chi connectivity index (χ0n) is 9.61. The molecular formula is C13H13BrO3. The second-order valence-corrected chi connectivity index (χ2v) is 4.64. The molecule has 1 aromatic carbocycles. The van der Waals surface area contributed by atoms with E-state index in [1.54, 1.807) is 13.2 Å². The van der Waals surface area contributed by atoms with E-state index < -0.39 is 6.10 Å². The van der Waals surface area contributed by atoms with Crippen molar-refractivity contribution in [3.8, 4) is 5.75 Å². The molecule has 0 aliphatic carbocycles. The molecule has 1 N–H and O–H groups in total. The normalized spacial score (nSPS) is 12.5. The maximum Gasteiger partial charge on any atom is 0.151 e. The minimum absolute atomic E-state index is 0.479. The lowest BCUT2D eigenvalue weighted by Gasteiger charge is -2.14. The summed E-state index contributed by atoms with van der Waals surface area (Å²) >= 11 is 3.33. The van der Waals surface area contributed by atoms with E-state index in [0.29, 0.717) is 17.1 Å². The molecule has 3 nitrogen and oxygen atoms in total. The maximum atomic E-state index is 10.3. The van der Waals surface area contributed by atoms with Crippen molar-refractivity contribution in [2.75, 3.05) is 7.11 Å². The van der Waals surface area contributed by atoms with Crippen LogP contribution in [-0.4, -0.2) is 12.2 Å². The lowest BCUT2D eigenvalue weighted by atomic mass is 10.0. The highest BCUT2D eigenvalue weighted by atomic mass is 79.9. The van der Waals surface area contributed by atoms with Crippen LogP contribution in [0.25, 0.3) is 0 Å². The second kappa shape index (κ2) is 4.94. The van der Waals surface area contributed by atoms with Gasteiger partial charge in [-0.1, -0.05) is 12.1 Å².